The molecular formula is C19H25N5O3. The number of carbonyl (C=O) groups is 1. The monoisotopic (exact) mass is 371 g/mol. The third kappa shape index (κ3) is 3.75. The summed E-state index contributed by atoms with van der Waals surface area (Å²) in [6.07, 6.45) is 1.80. The van der Waals surface area contributed by atoms with Crippen LogP contribution in [0.5, 0.6) is 0 Å². The molecule has 8 nitrogen and oxygen atoms in total. The van der Waals surface area contributed by atoms with Crippen LogP contribution in [0.2, 0.25) is 0 Å². The zero-order valence-corrected chi connectivity index (χ0v) is 15.8. The Morgan fingerprint density at radius 3 is 2.41 bits per heavy atom. The maximum Gasteiger partial charge on any atom is 0.257 e. The van der Waals surface area contributed by atoms with Gasteiger partial charge in [0.1, 0.15) is 11.5 Å². The summed E-state index contributed by atoms with van der Waals surface area (Å²) in [5, 5.41) is 8.49. The fourth-order valence-electron chi connectivity index (χ4n) is 3.65. The molecule has 0 aromatic carbocycles. The van der Waals surface area contributed by atoms with Crippen molar-refractivity contribution in [3.8, 4) is 0 Å². The van der Waals surface area contributed by atoms with E-state index in [1.54, 1.807) is 6.20 Å². The van der Waals surface area contributed by atoms with Gasteiger partial charge in [0.2, 0.25) is 0 Å². The Kier molecular flexibility index (Phi) is 4.98. The normalized spacial score (nSPS) is 18.1. The number of nitrogens with zero attached hydrogens (tertiary/aromatic N) is 5. The molecule has 4 heterocycles. The number of aromatic nitrogens is 2. The summed E-state index contributed by atoms with van der Waals surface area (Å²) in [4.78, 5) is 19.1. The first kappa shape index (κ1) is 17.8. The second-order valence-corrected chi connectivity index (χ2v) is 6.98. The molecular weight excluding hydrogens is 346 g/mol. The molecule has 4 rings (SSSR count). The number of hydrogen-bond acceptors (Lipinski definition) is 7. The van der Waals surface area contributed by atoms with Gasteiger partial charge < -0.3 is 23.9 Å². The Hall–Kier alpha value is -2.61. The second-order valence-electron chi connectivity index (χ2n) is 6.98. The van der Waals surface area contributed by atoms with Crippen LogP contribution in [0.4, 0.5) is 11.5 Å². The number of hydrogen-bond donors (Lipinski definition) is 0. The van der Waals surface area contributed by atoms with Crippen molar-refractivity contribution >= 4 is 17.4 Å². The van der Waals surface area contributed by atoms with E-state index < -0.39 is 0 Å². The van der Waals surface area contributed by atoms with Gasteiger partial charge in [-0.05, 0) is 19.9 Å². The number of rotatable bonds is 3. The number of furan rings is 1. The first-order valence-corrected chi connectivity index (χ1v) is 9.38. The molecule has 2 aliphatic rings. The second kappa shape index (κ2) is 7.56. The summed E-state index contributed by atoms with van der Waals surface area (Å²) in [5.74, 6) is 2.35. The highest BCUT2D eigenvalue weighted by Crippen LogP contribution is 2.22. The van der Waals surface area contributed by atoms with Crippen LogP contribution >= 0.6 is 0 Å². The molecule has 8 heteroatoms. The number of amides is 1. The van der Waals surface area contributed by atoms with Crippen molar-refractivity contribution in [1.29, 1.82) is 0 Å². The van der Waals surface area contributed by atoms with Crippen LogP contribution in [0.3, 0.4) is 0 Å². The van der Waals surface area contributed by atoms with Crippen molar-refractivity contribution < 1.29 is 13.9 Å². The smallest absolute Gasteiger partial charge is 0.257 e. The molecule has 1 amide bonds. The lowest BCUT2D eigenvalue weighted by Crippen LogP contribution is -2.49. The van der Waals surface area contributed by atoms with Crippen molar-refractivity contribution in [1.82, 2.24) is 15.1 Å². The molecule has 0 N–H and O–H groups in total. The minimum absolute atomic E-state index is 0.0390. The molecule has 0 saturated carbocycles. The zero-order valence-electron chi connectivity index (χ0n) is 15.8. The largest absolute Gasteiger partial charge is 0.466 e. The number of carbonyl (C=O) groups excluding carboxylic acids is 1. The number of piperazine rings is 1. The van der Waals surface area contributed by atoms with Gasteiger partial charge in [0.05, 0.1) is 30.7 Å². The lowest BCUT2D eigenvalue weighted by atomic mass is 10.2. The Morgan fingerprint density at radius 1 is 1.00 bits per heavy atom. The van der Waals surface area contributed by atoms with E-state index in [0.717, 1.165) is 56.7 Å². The molecule has 2 saturated heterocycles. The Labute approximate surface area is 158 Å². The van der Waals surface area contributed by atoms with Crippen molar-refractivity contribution in [2.75, 3.05) is 62.3 Å². The molecule has 2 aromatic rings. The van der Waals surface area contributed by atoms with E-state index in [2.05, 4.69) is 26.1 Å². The van der Waals surface area contributed by atoms with Gasteiger partial charge >= 0.3 is 0 Å². The molecule has 27 heavy (non-hydrogen) atoms. The summed E-state index contributed by atoms with van der Waals surface area (Å²) >= 11 is 0. The highest BCUT2D eigenvalue weighted by Gasteiger charge is 2.26. The summed E-state index contributed by atoms with van der Waals surface area (Å²) in [7, 11) is 0. The van der Waals surface area contributed by atoms with E-state index in [0.29, 0.717) is 24.4 Å². The van der Waals surface area contributed by atoms with Crippen LogP contribution in [0.1, 0.15) is 21.9 Å². The molecule has 0 unspecified atom stereocenters. The van der Waals surface area contributed by atoms with Crippen LogP contribution in [0, 0.1) is 13.8 Å². The average Bonchev–Trinajstić information content (AvgIpc) is 3.06. The van der Waals surface area contributed by atoms with E-state index in [-0.39, 0.29) is 5.91 Å². The quantitative estimate of drug-likeness (QED) is 0.809. The fourth-order valence-corrected chi connectivity index (χ4v) is 3.65. The minimum atomic E-state index is 0.0390. The first-order valence-electron chi connectivity index (χ1n) is 9.38. The number of morpholine rings is 1. The highest BCUT2D eigenvalue weighted by molar-refractivity contribution is 5.95. The number of ether oxygens (including phenoxy) is 1. The number of aryl methyl sites for hydroxylation is 2. The topological polar surface area (TPSA) is 74.9 Å². The molecule has 0 radical (unpaired) electrons. The Morgan fingerprint density at radius 2 is 1.74 bits per heavy atom. The van der Waals surface area contributed by atoms with Crippen LogP contribution in [0.25, 0.3) is 0 Å². The van der Waals surface area contributed by atoms with Gasteiger partial charge in [0.15, 0.2) is 5.82 Å². The van der Waals surface area contributed by atoms with Crippen LogP contribution in [-0.4, -0.2) is 73.5 Å². The van der Waals surface area contributed by atoms with Crippen LogP contribution in [-0.2, 0) is 4.74 Å². The third-order valence-corrected chi connectivity index (χ3v) is 5.17. The van der Waals surface area contributed by atoms with Crippen molar-refractivity contribution in [3.63, 3.8) is 0 Å². The molecule has 0 bridgehead atoms. The van der Waals surface area contributed by atoms with Gasteiger partial charge in [0, 0.05) is 45.3 Å². The van der Waals surface area contributed by atoms with Crippen LogP contribution in [0.15, 0.2) is 22.7 Å². The van der Waals surface area contributed by atoms with Crippen molar-refractivity contribution in [3.05, 3.63) is 35.4 Å². The molecule has 144 valence electrons. The van der Waals surface area contributed by atoms with Gasteiger partial charge in [0.25, 0.3) is 5.91 Å². The van der Waals surface area contributed by atoms with Crippen LogP contribution < -0.4 is 9.80 Å². The first-order chi connectivity index (χ1) is 13.1. The summed E-state index contributed by atoms with van der Waals surface area (Å²) < 4.78 is 10.9. The summed E-state index contributed by atoms with van der Waals surface area (Å²) in [6.45, 7) is 9.72. The number of anilines is 2. The average molecular weight is 371 g/mol. The lowest BCUT2D eigenvalue weighted by molar-refractivity contribution is 0.0744. The van der Waals surface area contributed by atoms with E-state index in [4.69, 9.17) is 9.15 Å². The van der Waals surface area contributed by atoms with Gasteiger partial charge in [-0.2, -0.15) is 5.10 Å². The van der Waals surface area contributed by atoms with Crippen molar-refractivity contribution in [2.45, 2.75) is 13.8 Å². The summed E-state index contributed by atoms with van der Waals surface area (Å²) in [6, 6.07) is 3.90. The molecule has 2 aromatic heterocycles. The van der Waals surface area contributed by atoms with Gasteiger partial charge in [-0.25, -0.2) is 0 Å². The van der Waals surface area contributed by atoms with Gasteiger partial charge in [-0.3, -0.25) is 4.79 Å². The molecule has 0 aliphatic carbocycles. The predicted octanol–water partition coefficient (Wildman–Crippen LogP) is 1.49. The highest BCUT2D eigenvalue weighted by atomic mass is 16.5. The zero-order chi connectivity index (χ0) is 18.8. The third-order valence-electron chi connectivity index (χ3n) is 5.17. The summed E-state index contributed by atoms with van der Waals surface area (Å²) in [5.41, 5.74) is 1.74. The molecule has 2 aliphatic heterocycles. The predicted molar refractivity (Wildman–Crippen MR) is 101 cm³/mol. The van der Waals surface area contributed by atoms with Gasteiger partial charge in [-0.15, -0.1) is 5.10 Å². The Bertz CT molecular complexity index is 807. The maximum absolute atomic E-state index is 12.7. The maximum atomic E-state index is 12.7. The standard InChI is InChI=1S/C19H25N5O3/c1-14-11-17(15(2)27-14)19(25)24-5-3-23(4-6-24)18-12-16(13-20-21-18)22-7-9-26-10-8-22/h11-13H,3-10H2,1-2H3. The minimum Gasteiger partial charge on any atom is -0.466 e. The van der Waals surface area contributed by atoms with E-state index in [9.17, 15) is 4.79 Å². The van der Waals surface area contributed by atoms with E-state index in [1.807, 2.05) is 24.8 Å². The van der Waals surface area contributed by atoms with Crippen molar-refractivity contribution in [2.24, 2.45) is 0 Å². The molecule has 0 atom stereocenters. The lowest BCUT2D eigenvalue weighted by Gasteiger charge is -2.35. The molecule has 0 spiro atoms. The Balaban J connectivity index is 1.40. The van der Waals surface area contributed by atoms with Gasteiger partial charge in [-0.1, -0.05) is 0 Å². The van der Waals surface area contributed by atoms with E-state index >= 15 is 0 Å². The molecule has 2 fully saturated rings. The van der Waals surface area contributed by atoms with E-state index in [1.165, 1.54) is 0 Å². The SMILES string of the molecule is Cc1cc(C(=O)N2CCN(c3cc(N4CCOCC4)cnn3)CC2)c(C)o1. The fraction of sp³-hybridized carbons (Fsp3) is 0.526.